The van der Waals surface area contributed by atoms with E-state index in [0.29, 0.717) is 0 Å². The minimum Gasteiger partial charge on any atom is -0.481 e. The molecule has 1 fully saturated rings. The van der Waals surface area contributed by atoms with E-state index in [4.69, 9.17) is 5.11 Å². The number of hydrogen-bond donors (Lipinski definition) is 1. The van der Waals surface area contributed by atoms with E-state index >= 15 is 0 Å². The minimum atomic E-state index is -0.860. The van der Waals surface area contributed by atoms with Crippen molar-refractivity contribution in [1.82, 2.24) is 9.80 Å². The SMILES string of the molecule is CCC1CCCN(C(=O)N(C)CC(C)C(=O)O)CC1. The number of amides is 2. The van der Waals surface area contributed by atoms with Crippen LogP contribution in [-0.4, -0.2) is 53.6 Å². The highest BCUT2D eigenvalue weighted by atomic mass is 16.4. The van der Waals surface area contributed by atoms with Crippen molar-refractivity contribution in [3.8, 4) is 0 Å². The number of nitrogens with zero attached hydrogens (tertiary/aromatic N) is 2. The van der Waals surface area contributed by atoms with Crippen LogP contribution >= 0.6 is 0 Å². The first-order valence-electron chi connectivity index (χ1n) is 7.18. The smallest absolute Gasteiger partial charge is 0.319 e. The molecule has 0 aliphatic carbocycles. The molecule has 110 valence electrons. The Kier molecular flexibility index (Phi) is 6.12. The zero-order valence-corrected chi connectivity index (χ0v) is 12.3. The zero-order chi connectivity index (χ0) is 14.4. The van der Waals surface area contributed by atoms with Gasteiger partial charge < -0.3 is 14.9 Å². The fraction of sp³-hybridized carbons (Fsp3) is 0.857. The van der Waals surface area contributed by atoms with Crippen molar-refractivity contribution in [2.24, 2.45) is 11.8 Å². The lowest BCUT2D eigenvalue weighted by Crippen LogP contribution is -2.44. The minimum absolute atomic E-state index is 0.0372. The molecule has 1 heterocycles. The van der Waals surface area contributed by atoms with Crippen LogP contribution in [-0.2, 0) is 4.79 Å². The molecule has 1 aliphatic rings. The van der Waals surface area contributed by atoms with E-state index in [1.54, 1.807) is 14.0 Å². The van der Waals surface area contributed by atoms with E-state index in [-0.39, 0.29) is 12.6 Å². The van der Waals surface area contributed by atoms with Crippen LogP contribution in [0.4, 0.5) is 4.79 Å². The van der Waals surface area contributed by atoms with Gasteiger partial charge in [0.2, 0.25) is 0 Å². The topological polar surface area (TPSA) is 60.9 Å². The van der Waals surface area contributed by atoms with Gasteiger partial charge in [-0.15, -0.1) is 0 Å². The normalized spacial score (nSPS) is 21.6. The summed E-state index contributed by atoms with van der Waals surface area (Å²) in [5.41, 5.74) is 0. The lowest BCUT2D eigenvalue weighted by atomic mass is 9.98. The van der Waals surface area contributed by atoms with Crippen molar-refractivity contribution in [2.75, 3.05) is 26.7 Å². The first-order chi connectivity index (χ1) is 8.95. The Morgan fingerprint density at radius 2 is 2.05 bits per heavy atom. The Balaban J connectivity index is 2.49. The third-order valence-corrected chi connectivity index (χ3v) is 3.99. The van der Waals surface area contributed by atoms with E-state index in [9.17, 15) is 9.59 Å². The van der Waals surface area contributed by atoms with Gasteiger partial charge in [0.05, 0.1) is 5.92 Å². The number of aliphatic carboxylic acids is 1. The predicted octanol–water partition coefficient (Wildman–Crippen LogP) is 2.27. The van der Waals surface area contributed by atoms with Crippen LogP contribution in [0.5, 0.6) is 0 Å². The Morgan fingerprint density at radius 3 is 2.63 bits per heavy atom. The third-order valence-electron chi connectivity index (χ3n) is 3.99. The second-order valence-electron chi connectivity index (χ2n) is 5.59. The summed E-state index contributed by atoms with van der Waals surface area (Å²) in [7, 11) is 1.68. The van der Waals surface area contributed by atoms with E-state index in [2.05, 4.69) is 6.92 Å². The van der Waals surface area contributed by atoms with Crippen molar-refractivity contribution >= 4 is 12.0 Å². The molecule has 5 nitrogen and oxygen atoms in total. The molecule has 0 saturated carbocycles. The molecule has 0 aromatic carbocycles. The molecule has 0 aromatic rings. The third kappa shape index (κ3) is 4.73. The van der Waals surface area contributed by atoms with E-state index < -0.39 is 11.9 Å². The summed E-state index contributed by atoms with van der Waals surface area (Å²) in [6, 6.07) is -0.0372. The summed E-state index contributed by atoms with van der Waals surface area (Å²) < 4.78 is 0. The van der Waals surface area contributed by atoms with Crippen LogP contribution in [0.15, 0.2) is 0 Å². The first-order valence-corrected chi connectivity index (χ1v) is 7.18. The van der Waals surface area contributed by atoms with Gasteiger partial charge in [-0.1, -0.05) is 20.3 Å². The van der Waals surface area contributed by atoms with Crippen molar-refractivity contribution in [1.29, 1.82) is 0 Å². The molecule has 1 N–H and O–H groups in total. The molecule has 0 spiro atoms. The van der Waals surface area contributed by atoms with Gasteiger partial charge in [-0.25, -0.2) is 4.79 Å². The van der Waals surface area contributed by atoms with Crippen molar-refractivity contribution in [3.05, 3.63) is 0 Å². The summed E-state index contributed by atoms with van der Waals surface area (Å²) in [6.45, 7) is 5.68. The molecule has 0 aromatic heterocycles. The molecular formula is C14H26N2O3. The number of carbonyl (C=O) groups is 2. The quantitative estimate of drug-likeness (QED) is 0.852. The Morgan fingerprint density at radius 1 is 1.37 bits per heavy atom. The number of carboxylic acid groups (broad SMARTS) is 1. The van der Waals surface area contributed by atoms with Crippen LogP contribution in [0.2, 0.25) is 0 Å². The molecule has 5 heteroatoms. The molecule has 1 aliphatic heterocycles. The van der Waals surface area contributed by atoms with E-state index in [0.717, 1.165) is 31.8 Å². The number of carbonyl (C=O) groups excluding carboxylic acids is 1. The van der Waals surface area contributed by atoms with Crippen molar-refractivity contribution in [2.45, 2.75) is 39.5 Å². The van der Waals surface area contributed by atoms with Crippen LogP contribution < -0.4 is 0 Å². The van der Waals surface area contributed by atoms with Crippen LogP contribution in [0.1, 0.15) is 39.5 Å². The summed E-state index contributed by atoms with van der Waals surface area (Å²) in [5.74, 6) is -0.660. The molecule has 2 atom stereocenters. The standard InChI is InChI=1S/C14H26N2O3/c1-4-12-6-5-8-16(9-7-12)14(19)15(3)10-11(2)13(17)18/h11-12H,4-10H2,1-3H3,(H,17,18). The molecule has 1 rings (SSSR count). The van der Waals surface area contributed by atoms with Gasteiger partial charge >= 0.3 is 12.0 Å². The second kappa shape index (κ2) is 7.36. The largest absolute Gasteiger partial charge is 0.481 e. The molecule has 1 saturated heterocycles. The van der Waals surface area contributed by atoms with Gasteiger partial charge in [-0.3, -0.25) is 4.79 Å². The summed E-state index contributed by atoms with van der Waals surface area (Å²) in [4.78, 5) is 26.5. The number of hydrogen-bond acceptors (Lipinski definition) is 2. The lowest BCUT2D eigenvalue weighted by Gasteiger charge is -2.28. The van der Waals surface area contributed by atoms with Gasteiger partial charge in [0.1, 0.15) is 0 Å². The summed E-state index contributed by atoms with van der Waals surface area (Å²) in [5, 5.41) is 8.88. The molecule has 0 radical (unpaired) electrons. The van der Waals surface area contributed by atoms with Gasteiger partial charge in [-0.2, -0.15) is 0 Å². The summed E-state index contributed by atoms with van der Waals surface area (Å²) in [6.07, 6.45) is 4.47. The molecule has 2 unspecified atom stereocenters. The molecule has 2 amide bonds. The lowest BCUT2D eigenvalue weighted by molar-refractivity contribution is -0.141. The highest BCUT2D eigenvalue weighted by molar-refractivity contribution is 5.75. The number of carboxylic acids is 1. The number of urea groups is 1. The van der Waals surface area contributed by atoms with Crippen molar-refractivity contribution in [3.63, 3.8) is 0 Å². The maximum atomic E-state index is 12.3. The van der Waals surface area contributed by atoms with Gasteiger partial charge in [0.15, 0.2) is 0 Å². The van der Waals surface area contributed by atoms with Gasteiger partial charge in [0.25, 0.3) is 0 Å². The highest BCUT2D eigenvalue weighted by Crippen LogP contribution is 2.20. The predicted molar refractivity (Wildman–Crippen MR) is 74.0 cm³/mol. The molecular weight excluding hydrogens is 244 g/mol. The fourth-order valence-corrected chi connectivity index (χ4v) is 2.57. The zero-order valence-electron chi connectivity index (χ0n) is 12.3. The average Bonchev–Trinajstić information content (AvgIpc) is 2.62. The van der Waals surface area contributed by atoms with Crippen LogP contribution in [0.25, 0.3) is 0 Å². The Bertz CT molecular complexity index is 320. The molecule has 0 bridgehead atoms. The number of likely N-dealkylation sites (tertiary alicyclic amines) is 1. The average molecular weight is 270 g/mol. The maximum absolute atomic E-state index is 12.3. The highest BCUT2D eigenvalue weighted by Gasteiger charge is 2.24. The molecule has 19 heavy (non-hydrogen) atoms. The Labute approximate surface area is 115 Å². The van der Waals surface area contributed by atoms with Gasteiger partial charge in [0, 0.05) is 26.7 Å². The fourth-order valence-electron chi connectivity index (χ4n) is 2.57. The van der Waals surface area contributed by atoms with Gasteiger partial charge in [-0.05, 0) is 25.2 Å². The van der Waals surface area contributed by atoms with Crippen LogP contribution in [0.3, 0.4) is 0 Å². The van der Waals surface area contributed by atoms with Crippen molar-refractivity contribution < 1.29 is 14.7 Å². The number of rotatable bonds is 4. The second-order valence-corrected chi connectivity index (χ2v) is 5.59. The first kappa shape index (κ1) is 15.8. The maximum Gasteiger partial charge on any atom is 0.319 e. The monoisotopic (exact) mass is 270 g/mol. The van der Waals surface area contributed by atoms with Crippen LogP contribution in [0, 0.1) is 11.8 Å². The summed E-state index contributed by atoms with van der Waals surface area (Å²) >= 11 is 0. The van der Waals surface area contributed by atoms with E-state index in [1.807, 2.05) is 4.90 Å². The van der Waals surface area contributed by atoms with E-state index in [1.165, 1.54) is 17.7 Å². The Hall–Kier alpha value is -1.26.